The third kappa shape index (κ3) is 2.11. The van der Waals surface area contributed by atoms with E-state index in [9.17, 15) is 0 Å². The van der Waals surface area contributed by atoms with Gasteiger partial charge in [0.25, 0.3) is 0 Å². The Morgan fingerprint density at radius 1 is 1.37 bits per heavy atom. The fraction of sp³-hybridized carbons (Fsp3) is 0.467. The quantitative estimate of drug-likeness (QED) is 0.735. The molecule has 0 bridgehead atoms. The molecule has 1 fully saturated rings. The van der Waals surface area contributed by atoms with Gasteiger partial charge < -0.3 is 15.7 Å². The summed E-state index contributed by atoms with van der Waals surface area (Å²) in [6, 6.07) is 2.02. The van der Waals surface area contributed by atoms with E-state index in [4.69, 9.17) is 5.41 Å². The molecule has 1 aliphatic carbocycles. The van der Waals surface area contributed by atoms with E-state index in [1.54, 1.807) is 0 Å². The molecule has 1 aliphatic rings. The van der Waals surface area contributed by atoms with Gasteiger partial charge in [-0.25, -0.2) is 4.98 Å². The molecule has 0 saturated heterocycles. The van der Waals surface area contributed by atoms with Crippen molar-refractivity contribution in [3.05, 3.63) is 24.0 Å². The highest BCUT2D eigenvalue weighted by atomic mass is 14.9. The van der Waals surface area contributed by atoms with Crippen LogP contribution in [-0.2, 0) is 0 Å². The van der Waals surface area contributed by atoms with E-state index in [0.29, 0.717) is 5.92 Å². The minimum absolute atomic E-state index is 0.404. The monoisotopic (exact) mass is 256 g/mol. The van der Waals surface area contributed by atoms with Crippen LogP contribution < -0.4 is 5.32 Å². The maximum atomic E-state index is 8.61. The molecule has 0 aromatic carbocycles. The Kier molecular flexibility index (Phi) is 3.23. The van der Waals surface area contributed by atoms with Crippen molar-refractivity contribution in [3.8, 4) is 0 Å². The van der Waals surface area contributed by atoms with Gasteiger partial charge in [-0.15, -0.1) is 0 Å². The second kappa shape index (κ2) is 5.03. The van der Waals surface area contributed by atoms with Gasteiger partial charge in [0.05, 0.1) is 11.9 Å². The van der Waals surface area contributed by atoms with E-state index < -0.39 is 0 Å². The average molecular weight is 256 g/mol. The van der Waals surface area contributed by atoms with Gasteiger partial charge in [0, 0.05) is 35.8 Å². The van der Waals surface area contributed by atoms with E-state index in [0.717, 1.165) is 40.8 Å². The highest BCUT2D eigenvalue weighted by Crippen LogP contribution is 2.32. The summed E-state index contributed by atoms with van der Waals surface area (Å²) < 4.78 is 0. The highest BCUT2D eigenvalue weighted by Gasteiger charge is 2.23. The van der Waals surface area contributed by atoms with Gasteiger partial charge in [-0.2, -0.15) is 0 Å². The van der Waals surface area contributed by atoms with Gasteiger partial charge in [-0.05, 0) is 18.9 Å². The first kappa shape index (κ1) is 12.2. The van der Waals surface area contributed by atoms with E-state index in [1.807, 2.05) is 25.5 Å². The Morgan fingerprint density at radius 2 is 2.16 bits per heavy atom. The number of fused-ring (bicyclic) bond motifs is 1. The second-order valence-corrected chi connectivity index (χ2v) is 5.29. The van der Waals surface area contributed by atoms with Gasteiger partial charge in [0.2, 0.25) is 0 Å². The van der Waals surface area contributed by atoms with Crippen molar-refractivity contribution in [3.63, 3.8) is 0 Å². The Bertz CT molecular complexity index is 593. The molecule has 0 unspecified atom stereocenters. The van der Waals surface area contributed by atoms with Crippen LogP contribution in [0.5, 0.6) is 0 Å². The van der Waals surface area contributed by atoms with Crippen LogP contribution in [-0.4, -0.2) is 22.7 Å². The van der Waals surface area contributed by atoms with Crippen molar-refractivity contribution >= 4 is 22.4 Å². The first-order chi connectivity index (χ1) is 9.31. The molecule has 3 rings (SSSR count). The summed E-state index contributed by atoms with van der Waals surface area (Å²) in [5, 5.41) is 12.8. The summed E-state index contributed by atoms with van der Waals surface area (Å²) >= 11 is 0. The van der Waals surface area contributed by atoms with Crippen LogP contribution in [0.1, 0.15) is 37.7 Å². The van der Waals surface area contributed by atoms with Crippen molar-refractivity contribution in [2.24, 2.45) is 5.92 Å². The van der Waals surface area contributed by atoms with Gasteiger partial charge >= 0.3 is 0 Å². The standard InChI is InChI=1S/C15H20N4/c1-17-12-9-19-15-11(7-8-18-15)13(12)14(16)10-5-3-2-4-6-10/h7-10,16-17H,2-6H2,1H3,(H,18,19). The van der Waals surface area contributed by atoms with Gasteiger partial charge in [0.15, 0.2) is 0 Å². The number of nitrogens with zero attached hydrogens (tertiary/aromatic N) is 1. The summed E-state index contributed by atoms with van der Waals surface area (Å²) in [5.74, 6) is 0.404. The molecule has 2 heterocycles. The summed E-state index contributed by atoms with van der Waals surface area (Å²) in [6.45, 7) is 0. The van der Waals surface area contributed by atoms with Crippen molar-refractivity contribution in [1.82, 2.24) is 9.97 Å². The van der Waals surface area contributed by atoms with Gasteiger partial charge in [0.1, 0.15) is 5.65 Å². The van der Waals surface area contributed by atoms with Crippen molar-refractivity contribution in [2.45, 2.75) is 32.1 Å². The van der Waals surface area contributed by atoms with Crippen molar-refractivity contribution in [2.75, 3.05) is 12.4 Å². The molecule has 4 heteroatoms. The fourth-order valence-corrected chi connectivity index (χ4v) is 3.08. The molecule has 3 N–H and O–H groups in total. The number of anilines is 1. The summed E-state index contributed by atoms with van der Waals surface area (Å²) in [4.78, 5) is 7.52. The zero-order valence-corrected chi connectivity index (χ0v) is 11.3. The Morgan fingerprint density at radius 3 is 2.89 bits per heavy atom. The lowest BCUT2D eigenvalue weighted by atomic mass is 9.82. The lowest BCUT2D eigenvalue weighted by Gasteiger charge is -2.24. The van der Waals surface area contributed by atoms with Gasteiger partial charge in [-0.3, -0.25) is 0 Å². The normalized spacial score (nSPS) is 16.7. The molecule has 2 aromatic rings. The lowest BCUT2D eigenvalue weighted by Crippen LogP contribution is -2.19. The molecule has 0 spiro atoms. The number of hydrogen-bond acceptors (Lipinski definition) is 3. The molecular formula is C15H20N4. The molecule has 1 saturated carbocycles. The van der Waals surface area contributed by atoms with Crippen LogP contribution in [0.2, 0.25) is 0 Å². The number of pyridine rings is 1. The summed E-state index contributed by atoms with van der Waals surface area (Å²) in [6.07, 6.45) is 9.85. The maximum absolute atomic E-state index is 8.61. The van der Waals surface area contributed by atoms with Crippen molar-refractivity contribution < 1.29 is 0 Å². The van der Waals surface area contributed by atoms with E-state index in [1.165, 1.54) is 19.3 Å². The summed E-state index contributed by atoms with van der Waals surface area (Å²) in [7, 11) is 1.90. The number of nitrogens with one attached hydrogen (secondary N) is 3. The molecular weight excluding hydrogens is 236 g/mol. The van der Waals surface area contributed by atoms with Crippen LogP contribution in [0, 0.1) is 11.3 Å². The summed E-state index contributed by atoms with van der Waals surface area (Å²) in [5.41, 5.74) is 3.63. The highest BCUT2D eigenvalue weighted by molar-refractivity contribution is 6.13. The zero-order chi connectivity index (χ0) is 13.2. The van der Waals surface area contributed by atoms with Crippen LogP contribution >= 0.6 is 0 Å². The maximum Gasteiger partial charge on any atom is 0.138 e. The third-order valence-corrected chi connectivity index (χ3v) is 4.14. The molecule has 0 amide bonds. The lowest BCUT2D eigenvalue weighted by molar-refractivity contribution is 0.439. The molecule has 0 atom stereocenters. The molecule has 2 aromatic heterocycles. The Balaban J connectivity index is 2.06. The molecule has 19 heavy (non-hydrogen) atoms. The Labute approximate surface area is 113 Å². The molecule has 4 nitrogen and oxygen atoms in total. The molecule has 0 aliphatic heterocycles. The minimum atomic E-state index is 0.404. The smallest absolute Gasteiger partial charge is 0.138 e. The third-order valence-electron chi connectivity index (χ3n) is 4.14. The number of aromatic nitrogens is 2. The zero-order valence-electron chi connectivity index (χ0n) is 11.3. The van der Waals surface area contributed by atoms with Crippen LogP contribution in [0.3, 0.4) is 0 Å². The van der Waals surface area contributed by atoms with Crippen molar-refractivity contribution in [1.29, 1.82) is 5.41 Å². The number of aromatic amines is 1. The largest absolute Gasteiger partial charge is 0.386 e. The van der Waals surface area contributed by atoms with Gasteiger partial charge in [-0.1, -0.05) is 19.3 Å². The number of hydrogen-bond donors (Lipinski definition) is 3. The average Bonchev–Trinajstić information content (AvgIpc) is 2.94. The number of rotatable bonds is 3. The SMILES string of the molecule is CNc1cnc2[nH]ccc2c1C(=N)C1CCCCC1. The van der Waals surface area contributed by atoms with Crippen LogP contribution in [0.15, 0.2) is 18.5 Å². The molecule has 100 valence electrons. The van der Waals surface area contributed by atoms with E-state index >= 15 is 0 Å². The fourth-order valence-electron chi connectivity index (χ4n) is 3.08. The predicted octanol–water partition coefficient (Wildman–Crippen LogP) is 3.55. The van der Waals surface area contributed by atoms with Crippen LogP contribution in [0.4, 0.5) is 5.69 Å². The second-order valence-electron chi connectivity index (χ2n) is 5.29. The first-order valence-corrected chi connectivity index (χ1v) is 7.04. The topological polar surface area (TPSA) is 64.6 Å². The van der Waals surface area contributed by atoms with E-state index in [2.05, 4.69) is 15.3 Å². The van der Waals surface area contributed by atoms with Crippen LogP contribution in [0.25, 0.3) is 11.0 Å². The minimum Gasteiger partial charge on any atom is -0.386 e. The molecule has 0 radical (unpaired) electrons. The predicted molar refractivity (Wildman–Crippen MR) is 79.0 cm³/mol. The first-order valence-electron chi connectivity index (χ1n) is 7.04. The van der Waals surface area contributed by atoms with E-state index in [-0.39, 0.29) is 0 Å². The number of H-pyrrole nitrogens is 1. The Hall–Kier alpha value is -1.84.